The Hall–Kier alpha value is -1.88. The highest BCUT2D eigenvalue weighted by Crippen LogP contribution is 2.12. The smallest absolute Gasteiger partial charge is 0.323 e. The van der Waals surface area contributed by atoms with Gasteiger partial charge in [0.05, 0.1) is 0 Å². The molecule has 122 valence electrons. The van der Waals surface area contributed by atoms with E-state index in [2.05, 4.69) is 36.2 Å². The maximum atomic E-state index is 12.2. The van der Waals surface area contributed by atoms with Crippen LogP contribution in [0.2, 0.25) is 0 Å². The first-order valence-electron chi connectivity index (χ1n) is 8.37. The summed E-state index contributed by atoms with van der Waals surface area (Å²) in [6, 6.07) is 8.44. The summed E-state index contributed by atoms with van der Waals surface area (Å²) < 4.78 is 1.99. The van der Waals surface area contributed by atoms with Gasteiger partial charge in [-0.3, -0.25) is 4.57 Å². The monoisotopic (exact) mass is 329 g/mol. The van der Waals surface area contributed by atoms with Gasteiger partial charge in [0.2, 0.25) is 0 Å². The highest BCUT2D eigenvalue weighted by Gasteiger charge is 2.17. The van der Waals surface area contributed by atoms with E-state index < -0.39 is 0 Å². The lowest BCUT2D eigenvalue weighted by atomic mass is 10.1. The zero-order valence-electron chi connectivity index (χ0n) is 13.6. The number of aromatic nitrogens is 1. The minimum atomic E-state index is -0.113. The van der Waals surface area contributed by atoms with Gasteiger partial charge in [0.1, 0.15) is 0 Å². The average molecular weight is 329 g/mol. The number of carbonyl (C=O) groups excluding carboxylic acids is 1. The van der Waals surface area contributed by atoms with Crippen LogP contribution in [0.3, 0.4) is 0 Å². The number of unbranched alkanes of at least 4 members (excludes halogenated alkanes) is 1. The number of amides is 2. The summed E-state index contributed by atoms with van der Waals surface area (Å²) in [5.74, 6) is 0. The molecule has 0 saturated carbocycles. The van der Waals surface area contributed by atoms with Crippen molar-refractivity contribution in [2.24, 2.45) is 4.99 Å². The van der Waals surface area contributed by atoms with Crippen LogP contribution in [0.1, 0.15) is 38.2 Å². The fraction of sp³-hybridized carbons (Fsp3) is 0.444. The summed E-state index contributed by atoms with van der Waals surface area (Å²) >= 11 is 1.50. The maximum absolute atomic E-state index is 12.2. The van der Waals surface area contributed by atoms with Crippen LogP contribution < -0.4 is 4.80 Å². The molecule has 0 bridgehead atoms. The van der Waals surface area contributed by atoms with Gasteiger partial charge in [-0.1, -0.05) is 25.5 Å². The van der Waals surface area contributed by atoms with Gasteiger partial charge < -0.3 is 4.90 Å². The zero-order chi connectivity index (χ0) is 16.1. The molecular formula is C18H23N3OS. The van der Waals surface area contributed by atoms with E-state index in [0.29, 0.717) is 0 Å². The van der Waals surface area contributed by atoms with E-state index in [9.17, 15) is 4.79 Å². The lowest BCUT2D eigenvalue weighted by Gasteiger charge is -2.10. The minimum absolute atomic E-state index is 0.113. The molecule has 5 heteroatoms. The fourth-order valence-electron chi connectivity index (χ4n) is 2.81. The van der Waals surface area contributed by atoms with Gasteiger partial charge in [-0.2, -0.15) is 4.99 Å². The van der Waals surface area contributed by atoms with E-state index in [1.54, 1.807) is 0 Å². The number of hydrogen-bond donors (Lipinski definition) is 0. The van der Waals surface area contributed by atoms with Gasteiger partial charge in [-0.05, 0) is 43.4 Å². The SMILES string of the molecule is CCCCc1ccc(-n2ccs/c2=N\C(=O)N2CCCC2)cc1. The molecule has 23 heavy (non-hydrogen) atoms. The van der Waals surface area contributed by atoms with Crippen molar-refractivity contribution < 1.29 is 4.79 Å². The number of likely N-dealkylation sites (tertiary alicyclic amines) is 1. The van der Waals surface area contributed by atoms with Crippen LogP contribution in [0.4, 0.5) is 4.79 Å². The van der Waals surface area contributed by atoms with E-state index in [1.165, 1.54) is 29.7 Å². The van der Waals surface area contributed by atoms with E-state index in [4.69, 9.17) is 0 Å². The average Bonchev–Trinajstić information content (AvgIpc) is 3.25. The molecule has 2 amide bonds. The second kappa shape index (κ2) is 7.59. The third-order valence-electron chi connectivity index (χ3n) is 4.19. The summed E-state index contributed by atoms with van der Waals surface area (Å²) in [7, 11) is 0. The van der Waals surface area contributed by atoms with Crippen LogP contribution in [-0.2, 0) is 6.42 Å². The molecule has 0 spiro atoms. The molecule has 3 rings (SSSR count). The van der Waals surface area contributed by atoms with Crippen molar-refractivity contribution in [2.75, 3.05) is 13.1 Å². The minimum Gasteiger partial charge on any atom is -0.323 e. The second-order valence-corrected chi connectivity index (χ2v) is 6.79. The Morgan fingerprint density at radius 2 is 1.96 bits per heavy atom. The van der Waals surface area contributed by atoms with E-state index in [1.807, 2.05) is 21.0 Å². The summed E-state index contributed by atoms with van der Waals surface area (Å²) in [6.45, 7) is 3.88. The predicted molar refractivity (Wildman–Crippen MR) is 94.0 cm³/mol. The van der Waals surface area contributed by atoms with Gasteiger partial charge >= 0.3 is 6.03 Å². The van der Waals surface area contributed by atoms with Gasteiger partial charge in [0, 0.05) is 30.4 Å². The lowest BCUT2D eigenvalue weighted by Crippen LogP contribution is -2.27. The quantitative estimate of drug-likeness (QED) is 0.835. The number of thiazole rings is 1. The standard InChI is InChI=1S/C18H23N3OS/c1-2-3-6-15-7-9-16(10-8-15)21-13-14-23-18(21)19-17(22)20-11-4-5-12-20/h7-10,13-14H,2-6,11-12H2,1H3/b19-18-. The molecule has 1 saturated heterocycles. The highest BCUT2D eigenvalue weighted by atomic mass is 32.1. The largest absolute Gasteiger partial charge is 0.346 e. The first-order chi connectivity index (χ1) is 11.3. The molecule has 0 atom stereocenters. The third kappa shape index (κ3) is 3.91. The summed E-state index contributed by atoms with van der Waals surface area (Å²) in [4.78, 5) is 19.1. The van der Waals surface area contributed by atoms with Gasteiger partial charge in [-0.15, -0.1) is 11.3 Å². The van der Waals surface area contributed by atoms with E-state index in [-0.39, 0.29) is 6.03 Å². The topological polar surface area (TPSA) is 37.6 Å². The Kier molecular flexibility index (Phi) is 5.28. The fourth-order valence-corrected chi connectivity index (χ4v) is 3.53. The van der Waals surface area contributed by atoms with Gasteiger partial charge in [-0.25, -0.2) is 4.79 Å². The van der Waals surface area contributed by atoms with Crippen LogP contribution in [0, 0.1) is 0 Å². The van der Waals surface area contributed by atoms with Gasteiger partial charge in [0.25, 0.3) is 0 Å². The van der Waals surface area contributed by atoms with Crippen LogP contribution in [-0.4, -0.2) is 28.6 Å². The molecule has 1 fully saturated rings. The Labute approximate surface area is 141 Å². The normalized spacial score (nSPS) is 15.3. The molecule has 1 aromatic heterocycles. The Morgan fingerprint density at radius 1 is 1.22 bits per heavy atom. The first-order valence-corrected chi connectivity index (χ1v) is 9.25. The summed E-state index contributed by atoms with van der Waals surface area (Å²) in [5.41, 5.74) is 2.41. The predicted octanol–water partition coefficient (Wildman–Crippen LogP) is 4.00. The molecule has 0 aliphatic carbocycles. The molecule has 2 heterocycles. The molecule has 4 nitrogen and oxygen atoms in total. The van der Waals surface area contributed by atoms with Crippen molar-refractivity contribution in [3.05, 3.63) is 46.2 Å². The maximum Gasteiger partial charge on any atom is 0.346 e. The van der Waals surface area contributed by atoms with Crippen LogP contribution in [0.25, 0.3) is 5.69 Å². The Morgan fingerprint density at radius 3 is 2.65 bits per heavy atom. The number of aryl methyl sites for hydroxylation is 1. The van der Waals surface area contributed by atoms with Crippen molar-refractivity contribution in [1.29, 1.82) is 0 Å². The third-order valence-corrected chi connectivity index (χ3v) is 4.95. The van der Waals surface area contributed by atoms with Crippen molar-refractivity contribution in [2.45, 2.75) is 39.0 Å². The number of rotatable bonds is 4. The number of urea groups is 1. The molecule has 0 radical (unpaired) electrons. The molecule has 1 aliphatic heterocycles. The number of hydrogen-bond acceptors (Lipinski definition) is 2. The highest BCUT2D eigenvalue weighted by molar-refractivity contribution is 7.07. The Bertz CT molecular complexity index is 708. The lowest BCUT2D eigenvalue weighted by molar-refractivity contribution is 0.218. The van der Waals surface area contributed by atoms with Crippen LogP contribution in [0.5, 0.6) is 0 Å². The Balaban J connectivity index is 1.81. The van der Waals surface area contributed by atoms with Crippen molar-refractivity contribution >= 4 is 17.4 Å². The molecule has 0 N–H and O–H groups in total. The van der Waals surface area contributed by atoms with E-state index >= 15 is 0 Å². The van der Waals surface area contributed by atoms with Crippen molar-refractivity contribution in [3.8, 4) is 5.69 Å². The molecule has 0 unspecified atom stereocenters. The molecule has 1 aromatic carbocycles. The van der Waals surface area contributed by atoms with Crippen LogP contribution >= 0.6 is 11.3 Å². The molecule has 1 aliphatic rings. The van der Waals surface area contributed by atoms with E-state index in [0.717, 1.165) is 42.8 Å². The summed E-state index contributed by atoms with van der Waals surface area (Å²) in [5, 5.41) is 1.97. The van der Waals surface area contributed by atoms with Crippen molar-refractivity contribution in [1.82, 2.24) is 9.47 Å². The van der Waals surface area contributed by atoms with Crippen LogP contribution in [0.15, 0.2) is 40.8 Å². The van der Waals surface area contributed by atoms with Gasteiger partial charge in [0.15, 0.2) is 4.80 Å². The second-order valence-electron chi connectivity index (χ2n) is 5.91. The number of carbonyl (C=O) groups is 1. The molecular weight excluding hydrogens is 306 g/mol. The first kappa shape index (κ1) is 16.0. The zero-order valence-corrected chi connectivity index (χ0v) is 14.4. The summed E-state index contributed by atoms with van der Waals surface area (Å²) in [6.07, 6.45) is 7.70. The number of benzene rings is 1. The number of nitrogens with zero attached hydrogens (tertiary/aromatic N) is 3. The van der Waals surface area contributed by atoms with Crippen molar-refractivity contribution in [3.63, 3.8) is 0 Å². The molecule has 2 aromatic rings.